The summed E-state index contributed by atoms with van der Waals surface area (Å²) in [6, 6.07) is 8.11. The maximum atomic E-state index is 10.6. The minimum Gasteiger partial charge on any atom is -0.481 e. The Morgan fingerprint density at radius 2 is 2.20 bits per heavy atom. The highest BCUT2D eigenvalue weighted by atomic mass is 35.5. The van der Waals surface area contributed by atoms with Crippen LogP contribution in [0.3, 0.4) is 0 Å². The van der Waals surface area contributed by atoms with Gasteiger partial charge in [0.05, 0.1) is 11.9 Å². The molecule has 1 heterocycles. The quantitative estimate of drug-likeness (QED) is 0.837. The number of nitrogens with zero attached hydrogens (tertiary/aromatic N) is 1. The van der Waals surface area contributed by atoms with Gasteiger partial charge in [0.25, 0.3) is 0 Å². The van der Waals surface area contributed by atoms with Crippen molar-refractivity contribution in [1.29, 1.82) is 0 Å². The van der Waals surface area contributed by atoms with Crippen molar-refractivity contribution < 1.29 is 9.90 Å². The molecule has 0 amide bonds. The van der Waals surface area contributed by atoms with E-state index in [1.165, 1.54) is 0 Å². The van der Waals surface area contributed by atoms with Crippen LogP contribution in [0, 0.1) is 6.92 Å². The van der Waals surface area contributed by atoms with Crippen LogP contribution < -0.4 is 0 Å². The molecule has 2 rings (SSSR count). The Hall–Kier alpha value is -1.26. The maximum absolute atomic E-state index is 10.6. The zero-order valence-electron chi connectivity index (χ0n) is 11.4. The number of pyridine rings is 1. The monoisotopic (exact) mass is 309 g/mol. The molecule has 0 aliphatic rings. The molecule has 20 heavy (non-hydrogen) atoms. The van der Waals surface area contributed by atoms with Crippen molar-refractivity contribution in [2.24, 2.45) is 0 Å². The van der Waals surface area contributed by atoms with E-state index in [4.69, 9.17) is 16.7 Å². The minimum absolute atomic E-state index is 0.0530. The average Bonchev–Trinajstić information content (AvgIpc) is 2.35. The molecule has 3 nitrogen and oxygen atoms in total. The number of thioether (sulfide) groups is 1. The van der Waals surface area contributed by atoms with Gasteiger partial charge < -0.3 is 5.11 Å². The van der Waals surface area contributed by atoms with Gasteiger partial charge in [0, 0.05) is 22.0 Å². The van der Waals surface area contributed by atoms with Crippen LogP contribution in [-0.4, -0.2) is 21.3 Å². The van der Waals surface area contributed by atoms with Crippen LogP contribution in [0.15, 0.2) is 24.3 Å². The first-order chi connectivity index (χ1) is 9.45. The fourth-order valence-corrected chi connectivity index (χ4v) is 3.17. The van der Waals surface area contributed by atoms with Gasteiger partial charge in [0.1, 0.15) is 5.15 Å². The number of fused-ring (bicyclic) bond motifs is 1. The zero-order valence-corrected chi connectivity index (χ0v) is 13.0. The Labute approximate surface area is 127 Å². The molecular formula is C15H16ClNO2S. The molecule has 0 spiro atoms. The van der Waals surface area contributed by atoms with Gasteiger partial charge >= 0.3 is 5.97 Å². The molecule has 0 aliphatic carbocycles. The molecule has 1 unspecified atom stereocenters. The highest BCUT2D eigenvalue weighted by Gasteiger charge is 2.11. The summed E-state index contributed by atoms with van der Waals surface area (Å²) >= 11 is 7.78. The van der Waals surface area contributed by atoms with Crippen molar-refractivity contribution in [3.05, 3.63) is 40.5 Å². The van der Waals surface area contributed by atoms with Gasteiger partial charge in [-0.15, -0.1) is 0 Å². The van der Waals surface area contributed by atoms with Gasteiger partial charge in [-0.1, -0.05) is 30.7 Å². The molecule has 1 aromatic carbocycles. The van der Waals surface area contributed by atoms with Crippen LogP contribution in [-0.2, 0) is 10.5 Å². The van der Waals surface area contributed by atoms with E-state index < -0.39 is 5.97 Å². The van der Waals surface area contributed by atoms with E-state index in [1.807, 2.05) is 38.1 Å². The number of aliphatic carboxylic acids is 1. The number of hydrogen-bond donors (Lipinski definition) is 1. The summed E-state index contributed by atoms with van der Waals surface area (Å²) < 4.78 is 0. The van der Waals surface area contributed by atoms with E-state index in [9.17, 15) is 4.79 Å². The fraction of sp³-hybridized carbons (Fsp3) is 0.333. The summed E-state index contributed by atoms with van der Waals surface area (Å²) in [5, 5.41) is 10.4. The van der Waals surface area contributed by atoms with E-state index in [1.54, 1.807) is 11.8 Å². The second-order valence-corrected chi connectivity index (χ2v) is 6.64. The molecule has 5 heteroatoms. The molecule has 0 aliphatic heterocycles. The van der Waals surface area contributed by atoms with E-state index in [-0.39, 0.29) is 11.7 Å². The van der Waals surface area contributed by atoms with Gasteiger partial charge in [-0.2, -0.15) is 11.8 Å². The Balaban J connectivity index is 2.16. The summed E-state index contributed by atoms with van der Waals surface area (Å²) in [7, 11) is 0. The lowest BCUT2D eigenvalue weighted by atomic mass is 10.1. The Kier molecular flexibility index (Phi) is 4.89. The van der Waals surface area contributed by atoms with Crippen LogP contribution in [0.5, 0.6) is 0 Å². The summed E-state index contributed by atoms with van der Waals surface area (Å²) in [6.45, 7) is 3.93. The van der Waals surface area contributed by atoms with Gasteiger partial charge in [0.2, 0.25) is 0 Å². The van der Waals surface area contributed by atoms with Crippen LogP contribution in [0.25, 0.3) is 10.9 Å². The highest BCUT2D eigenvalue weighted by molar-refractivity contribution is 7.99. The molecule has 0 radical (unpaired) electrons. The lowest BCUT2D eigenvalue weighted by Gasteiger charge is -2.10. The Morgan fingerprint density at radius 1 is 1.45 bits per heavy atom. The third-order valence-corrected chi connectivity index (χ3v) is 4.53. The van der Waals surface area contributed by atoms with Crippen molar-refractivity contribution >= 4 is 40.2 Å². The van der Waals surface area contributed by atoms with Crippen molar-refractivity contribution in [3.8, 4) is 0 Å². The van der Waals surface area contributed by atoms with Crippen molar-refractivity contribution in [3.63, 3.8) is 0 Å². The number of aromatic nitrogens is 1. The maximum Gasteiger partial charge on any atom is 0.304 e. The zero-order chi connectivity index (χ0) is 14.7. The number of benzene rings is 1. The molecule has 106 valence electrons. The number of carboxylic acids is 1. The number of carboxylic acid groups (broad SMARTS) is 1. The lowest BCUT2D eigenvalue weighted by molar-refractivity contribution is -0.136. The second-order valence-electron chi connectivity index (χ2n) is 4.85. The third kappa shape index (κ3) is 3.87. The topological polar surface area (TPSA) is 50.2 Å². The third-order valence-electron chi connectivity index (χ3n) is 2.98. The lowest BCUT2D eigenvalue weighted by Crippen LogP contribution is -2.06. The summed E-state index contributed by atoms with van der Waals surface area (Å²) in [4.78, 5) is 15.1. The fourth-order valence-electron chi connectivity index (χ4n) is 1.94. The first kappa shape index (κ1) is 15.1. The van der Waals surface area contributed by atoms with Crippen molar-refractivity contribution in [2.45, 2.75) is 31.3 Å². The van der Waals surface area contributed by atoms with Crippen LogP contribution in [0.4, 0.5) is 0 Å². The van der Waals surface area contributed by atoms with Crippen molar-refractivity contribution in [2.75, 3.05) is 0 Å². The van der Waals surface area contributed by atoms with E-state index in [0.717, 1.165) is 22.0 Å². The molecule has 0 saturated carbocycles. The minimum atomic E-state index is -0.775. The Morgan fingerprint density at radius 3 is 2.90 bits per heavy atom. The largest absolute Gasteiger partial charge is 0.481 e. The SMILES string of the molecule is Cc1ccc2cc(CSC(C)CC(=O)O)c(Cl)nc2c1. The normalized spacial score (nSPS) is 12.6. The molecule has 1 atom stereocenters. The summed E-state index contributed by atoms with van der Waals surface area (Å²) in [6.07, 6.45) is 0.155. The smallest absolute Gasteiger partial charge is 0.304 e. The number of aryl methyl sites for hydroxylation is 1. The molecule has 1 N–H and O–H groups in total. The van der Waals surface area contributed by atoms with Gasteiger partial charge in [-0.25, -0.2) is 4.98 Å². The number of hydrogen-bond acceptors (Lipinski definition) is 3. The van der Waals surface area contributed by atoms with E-state index >= 15 is 0 Å². The first-order valence-corrected chi connectivity index (χ1v) is 7.77. The molecule has 0 bridgehead atoms. The number of rotatable bonds is 5. The highest BCUT2D eigenvalue weighted by Crippen LogP contribution is 2.27. The predicted octanol–water partition coefficient (Wildman–Crippen LogP) is 4.29. The average molecular weight is 310 g/mol. The van der Waals surface area contributed by atoms with Gasteiger partial charge in [-0.05, 0) is 24.6 Å². The predicted molar refractivity (Wildman–Crippen MR) is 84.5 cm³/mol. The standard InChI is InChI=1S/C15H16ClNO2S/c1-9-3-4-11-7-12(15(16)17-13(11)5-9)8-20-10(2)6-14(18)19/h3-5,7,10H,6,8H2,1-2H3,(H,18,19). The number of carbonyl (C=O) groups is 1. The second kappa shape index (κ2) is 6.46. The molecule has 1 aromatic heterocycles. The van der Waals surface area contributed by atoms with Gasteiger partial charge in [0.15, 0.2) is 0 Å². The Bertz CT molecular complexity index is 645. The van der Waals surface area contributed by atoms with E-state index in [2.05, 4.69) is 4.98 Å². The molecule has 2 aromatic rings. The van der Waals surface area contributed by atoms with Gasteiger partial charge in [-0.3, -0.25) is 4.79 Å². The van der Waals surface area contributed by atoms with Crippen molar-refractivity contribution in [1.82, 2.24) is 4.98 Å². The first-order valence-electron chi connectivity index (χ1n) is 6.35. The van der Waals surface area contributed by atoms with Crippen LogP contribution in [0.2, 0.25) is 5.15 Å². The van der Waals surface area contributed by atoms with Crippen LogP contribution in [0.1, 0.15) is 24.5 Å². The molecule has 0 saturated heterocycles. The van der Waals surface area contributed by atoms with E-state index in [0.29, 0.717) is 10.9 Å². The molecule has 0 fully saturated rings. The molecular weight excluding hydrogens is 294 g/mol. The summed E-state index contributed by atoms with van der Waals surface area (Å²) in [5.41, 5.74) is 2.99. The van der Waals surface area contributed by atoms with Crippen LogP contribution >= 0.6 is 23.4 Å². The summed E-state index contributed by atoms with van der Waals surface area (Å²) in [5.74, 6) is -0.104. The number of halogens is 1.